The zero-order chi connectivity index (χ0) is 19.3. The molecule has 1 atom stereocenters. The number of nitrogens with zero attached hydrogens (tertiary/aromatic N) is 5. The van der Waals surface area contributed by atoms with Crippen LogP contribution in [-0.4, -0.2) is 45.0 Å². The van der Waals surface area contributed by atoms with Gasteiger partial charge in [0.25, 0.3) is 0 Å². The summed E-state index contributed by atoms with van der Waals surface area (Å²) in [5.41, 5.74) is 4.15. The van der Waals surface area contributed by atoms with Gasteiger partial charge in [0.2, 0.25) is 5.91 Å². The first-order chi connectivity index (χ1) is 13.6. The molecule has 5 heterocycles. The lowest BCUT2D eigenvalue weighted by Crippen LogP contribution is -2.46. The van der Waals surface area contributed by atoms with Gasteiger partial charge in [0.1, 0.15) is 5.82 Å². The molecule has 6 nitrogen and oxygen atoms in total. The predicted octanol–water partition coefficient (Wildman–Crippen LogP) is 3.21. The highest BCUT2D eigenvalue weighted by molar-refractivity contribution is 7.10. The quantitative estimate of drug-likeness (QED) is 0.669. The van der Waals surface area contributed by atoms with Crippen molar-refractivity contribution in [2.75, 3.05) is 24.5 Å². The summed E-state index contributed by atoms with van der Waals surface area (Å²) in [7, 11) is 0. The Labute approximate surface area is 168 Å². The molecule has 0 radical (unpaired) electrons. The summed E-state index contributed by atoms with van der Waals surface area (Å²) in [6.07, 6.45) is 2.98. The van der Waals surface area contributed by atoms with Crippen molar-refractivity contribution in [2.24, 2.45) is 5.92 Å². The molecule has 0 aliphatic carbocycles. The van der Waals surface area contributed by atoms with Crippen molar-refractivity contribution in [3.63, 3.8) is 0 Å². The number of anilines is 1. The van der Waals surface area contributed by atoms with Crippen molar-refractivity contribution in [1.82, 2.24) is 19.5 Å². The van der Waals surface area contributed by atoms with Gasteiger partial charge in [-0.3, -0.25) is 4.79 Å². The highest BCUT2D eigenvalue weighted by Crippen LogP contribution is 2.29. The molecular weight excluding hydrogens is 370 g/mol. The third-order valence-corrected chi connectivity index (χ3v) is 6.90. The minimum absolute atomic E-state index is 0.0501. The van der Waals surface area contributed by atoms with Crippen molar-refractivity contribution in [3.8, 4) is 0 Å². The molecule has 5 rings (SSSR count). The molecule has 1 amide bonds. The third-order valence-electron chi connectivity index (χ3n) is 5.87. The molecule has 1 fully saturated rings. The number of hydrogen-bond donors (Lipinski definition) is 0. The lowest BCUT2D eigenvalue weighted by Gasteiger charge is -2.37. The van der Waals surface area contributed by atoms with E-state index < -0.39 is 0 Å². The van der Waals surface area contributed by atoms with Crippen molar-refractivity contribution >= 4 is 28.7 Å². The van der Waals surface area contributed by atoms with Crippen LogP contribution in [-0.2, 0) is 17.8 Å². The van der Waals surface area contributed by atoms with E-state index in [9.17, 15) is 4.79 Å². The van der Waals surface area contributed by atoms with Crippen LogP contribution in [0.25, 0.3) is 5.65 Å². The molecule has 1 saturated heterocycles. The van der Waals surface area contributed by atoms with Gasteiger partial charge in [-0.15, -0.1) is 11.3 Å². The van der Waals surface area contributed by atoms with E-state index in [0.29, 0.717) is 5.91 Å². The average Bonchev–Trinajstić information content (AvgIpc) is 3.31. The minimum atomic E-state index is 0.0501. The fraction of sp³-hybridized carbons (Fsp3) is 0.476. The van der Waals surface area contributed by atoms with E-state index in [-0.39, 0.29) is 5.92 Å². The summed E-state index contributed by atoms with van der Waals surface area (Å²) >= 11 is 1.81. The number of rotatable bonds is 2. The second kappa shape index (κ2) is 6.88. The van der Waals surface area contributed by atoms with Gasteiger partial charge < -0.3 is 9.80 Å². The lowest BCUT2D eigenvalue weighted by atomic mass is 9.95. The standard InChI is InChI=1S/C21H25N5OS/c1-14-11-20(26-19(22-14)10-15(2)23-26)24-7-3-4-17(13-24)21(27)25-8-5-18-16(12-25)6-9-28-18/h6,9-11,17H,3-5,7-8,12-13H2,1-2H3. The number of carbonyl (C=O) groups excluding carboxylic acids is 1. The lowest BCUT2D eigenvalue weighted by molar-refractivity contribution is -0.136. The van der Waals surface area contributed by atoms with E-state index in [1.54, 1.807) is 0 Å². The predicted molar refractivity (Wildman–Crippen MR) is 111 cm³/mol. The van der Waals surface area contributed by atoms with E-state index in [1.165, 1.54) is 10.4 Å². The van der Waals surface area contributed by atoms with Gasteiger partial charge in [0.15, 0.2) is 5.65 Å². The average molecular weight is 396 g/mol. The summed E-state index contributed by atoms with van der Waals surface area (Å²) in [6, 6.07) is 6.27. The van der Waals surface area contributed by atoms with E-state index in [1.807, 2.05) is 35.8 Å². The smallest absolute Gasteiger partial charge is 0.227 e. The molecule has 0 spiro atoms. The highest BCUT2D eigenvalue weighted by atomic mass is 32.1. The fourth-order valence-corrected chi connectivity index (χ4v) is 5.39. The number of thiophene rings is 1. The number of amides is 1. The topological polar surface area (TPSA) is 53.7 Å². The Morgan fingerprint density at radius 2 is 2.11 bits per heavy atom. The number of aromatic nitrogens is 3. The van der Waals surface area contributed by atoms with Crippen molar-refractivity contribution in [2.45, 2.75) is 39.7 Å². The first-order valence-corrected chi connectivity index (χ1v) is 10.9. The number of fused-ring (bicyclic) bond motifs is 2. The van der Waals surface area contributed by atoms with E-state index in [4.69, 9.17) is 0 Å². The van der Waals surface area contributed by atoms with Gasteiger partial charge in [0, 0.05) is 48.9 Å². The number of hydrogen-bond acceptors (Lipinski definition) is 5. The molecule has 0 N–H and O–H groups in total. The summed E-state index contributed by atoms with van der Waals surface area (Å²) in [5, 5.41) is 6.77. The molecule has 28 heavy (non-hydrogen) atoms. The Morgan fingerprint density at radius 3 is 3.00 bits per heavy atom. The molecule has 2 aliphatic rings. The molecule has 1 unspecified atom stereocenters. The van der Waals surface area contributed by atoms with Crippen molar-refractivity contribution in [3.05, 3.63) is 45.4 Å². The highest BCUT2D eigenvalue weighted by Gasteiger charge is 2.32. The van der Waals surface area contributed by atoms with Crippen LogP contribution in [0.15, 0.2) is 23.6 Å². The van der Waals surface area contributed by atoms with Gasteiger partial charge in [-0.25, -0.2) is 4.98 Å². The zero-order valence-electron chi connectivity index (χ0n) is 16.4. The summed E-state index contributed by atoms with van der Waals surface area (Å²) < 4.78 is 1.92. The maximum Gasteiger partial charge on any atom is 0.227 e. The Morgan fingerprint density at radius 1 is 1.21 bits per heavy atom. The normalized spacial score (nSPS) is 19.9. The Hall–Kier alpha value is -2.41. The van der Waals surface area contributed by atoms with Crippen LogP contribution in [0.4, 0.5) is 5.82 Å². The van der Waals surface area contributed by atoms with E-state index in [0.717, 1.165) is 68.3 Å². The van der Waals surface area contributed by atoms with E-state index in [2.05, 4.69) is 37.4 Å². The molecule has 3 aromatic rings. The molecule has 2 aliphatic heterocycles. The van der Waals surface area contributed by atoms with E-state index >= 15 is 0 Å². The second-order valence-electron chi connectivity index (χ2n) is 7.98. The first-order valence-electron chi connectivity index (χ1n) is 10.0. The largest absolute Gasteiger partial charge is 0.356 e. The summed E-state index contributed by atoms with van der Waals surface area (Å²) in [4.78, 5) is 23.7. The maximum absolute atomic E-state index is 13.3. The molecule has 7 heteroatoms. The SMILES string of the molecule is Cc1cc(N2CCCC(C(=O)N3CCc4sccc4C3)C2)n2nc(C)cc2n1. The molecule has 146 valence electrons. The molecule has 0 saturated carbocycles. The van der Waals surface area contributed by atoms with Gasteiger partial charge in [-0.05, 0) is 50.1 Å². The van der Waals surface area contributed by atoms with Crippen LogP contribution < -0.4 is 4.90 Å². The van der Waals surface area contributed by atoms with Crippen molar-refractivity contribution < 1.29 is 4.79 Å². The van der Waals surface area contributed by atoms with Gasteiger partial charge in [0.05, 0.1) is 11.6 Å². The fourth-order valence-electron chi connectivity index (χ4n) is 4.50. The van der Waals surface area contributed by atoms with Crippen LogP contribution in [0.2, 0.25) is 0 Å². The number of carbonyl (C=O) groups is 1. The van der Waals surface area contributed by atoms with Crippen LogP contribution in [0.3, 0.4) is 0 Å². The Bertz CT molecular complexity index is 1040. The molecule has 0 bridgehead atoms. The van der Waals surface area contributed by atoms with Gasteiger partial charge in [-0.1, -0.05) is 0 Å². The van der Waals surface area contributed by atoms with Gasteiger partial charge in [-0.2, -0.15) is 9.61 Å². The summed E-state index contributed by atoms with van der Waals surface area (Å²) in [6.45, 7) is 7.33. The number of aryl methyl sites for hydroxylation is 2. The monoisotopic (exact) mass is 395 g/mol. The maximum atomic E-state index is 13.3. The second-order valence-corrected chi connectivity index (χ2v) is 8.98. The van der Waals surface area contributed by atoms with Crippen LogP contribution in [0.1, 0.15) is 34.7 Å². The molecule has 3 aromatic heterocycles. The zero-order valence-corrected chi connectivity index (χ0v) is 17.2. The Kier molecular flexibility index (Phi) is 4.34. The number of piperidine rings is 1. The summed E-state index contributed by atoms with van der Waals surface area (Å²) in [5.74, 6) is 1.40. The Balaban J connectivity index is 1.38. The minimum Gasteiger partial charge on any atom is -0.356 e. The molecule has 0 aromatic carbocycles. The van der Waals surface area contributed by atoms with Crippen LogP contribution >= 0.6 is 11.3 Å². The molecular formula is C21H25N5OS. The van der Waals surface area contributed by atoms with Crippen LogP contribution in [0.5, 0.6) is 0 Å². The van der Waals surface area contributed by atoms with Crippen LogP contribution in [0, 0.1) is 19.8 Å². The third kappa shape index (κ3) is 3.07. The first kappa shape index (κ1) is 17.7. The van der Waals surface area contributed by atoms with Gasteiger partial charge >= 0.3 is 0 Å². The van der Waals surface area contributed by atoms with Crippen molar-refractivity contribution in [1.29, 1.82) is 0 Å².